The van der Waals surface area contributed by atoms with E-state index < -0.39 is 0 Å². The molecule has 1 N–H and O–H groups in total. The highest BCUT2D eigenvalue weighted by molar-refractivity contribution is 7.13. The number of amides is 1. The van der Waals surface area contributed by atoms with Crippen LogP contribution in [0.4, 0.5) is 0 Å². The van der Waals surface area contributed by atoms with Crippen molar-refractivity contribution in [2.75, 3.05) is 6.54 Å². The van der Waals surface area contributed by atoms with E-state index in [1.807, 2.05) is 48.7 Å². The third kappa shape index (κ3) is 4.09. The van der Waals surface area contributed by atoms with Gasteiger partial charge in [-0.1, -0.05) is 36.4 Å². The van der Waals surface area contributed by atoms with Crippen LogP contribution in [-0.4, -0.2) is 32.2 Å². The third-order valence-electron chi connectivity index (χ3n) is 4.01. The standard InChI is InChI=1S/C20H17N5OS/c26-19(18-14-27-20(24-18)15-5-2-1-3-6-15)22-9-10-25-13-17(12-23-25)16-7-4-8-21-11-16/h1-8,11-14H,9-10H2,(H,22,26). The van der Waals surface area contributed by atoms with Crippen LogP contribution in [-0.2, 0) is 6.54 Å². The van der Waals surface area contributed by atoms with Crippen LogP contribution in [0.3, 0.4) is 0 Å². The number of hydrogen-bond acceptors (Lipinski definition) is 5. The molecule has 4 aromatic rings. The zero-order chi connectivity index (χ0) is 18.5. The summed E-state index contributed by atoms with van der Waals surface area (Å²) in [6, 6.07) is 13.7. The summed E-state index contributed by atoms with van der Waals surface area (Å²) in [5.41, 5.74) is 3.47. The maximum atomic E-state index is 12.3. The molecule has 6 nitrogen and oxygen atoms in total. The van der Waals surface area contributed by atoms with Crippen LogP contribution in [0.5, 0.6) is 0 Å². The van der Waals surface area contributed by atoms with Gasteiger partial charge in [-0.2, -0.15) is 5.10 Å². The fourth-order valence-corrected chi connectivity index (χ4v) is 3.44. The Morgan fingerprint density at radius 3 is 2.70 bits per heavy atom. The summed E-state index contributed by atoms with van der Waals surface area (Å²) < 4.78 is 1.80. The molecule has 0 bridgehead atoms. The van der Waals surface area contributed by atoms with Gasteiger partial charge in [0.15, 0.2) is 0 Å². The monoisotopic (exact) mass is 375 g/mol. The minimum Gasteiger partial charge on any atom is -0.349 e. The molecule has 4 rings (SSSR count). The zero-order valence-electron chi connectivity index (χ0n) is 14.4. The van der Waals surface area contributed by atoms with E-state index in [0.717, 1.165) is 21.7 Å². The van der Waals surface area contributed by atoms with Crippen LogP contribution < -0.4 is 5.32 Å². The molecule has 0 radical (unpaired) electrons. The molecule has 0 atom stereocenters. The van der Waals surface area contributed by atoms with E-state index in [0.29, 0.717) is 18.8 Å². The SMILES string of the molecule is O=C(NCCn1cc(-c2cccnc2)cn1)c1csc(-c2ccccc2)n1. The van der Waals surface area contributed by atoms with Gasteiger partial charge in [0.1, 0.15) is 10.7 Å². The van der Waals surface area contributed by atoms with E-state index >= 15 is 0 Å². The molecular formula is C20H17N5OS. The van der Waals surface area contributed by atoms with Gasteiger partial charge in [0.2, 0.25) is 0 Å². The van der Waals surface area contributed by atoms with E-state index in [4.69, 9.17) is 0 Å². The number of hydrogen-bond donors (Lipinski definition) is 1. The first-order valence-corrected chi connectivity index (χ1v) is 9.39. The third-order valence-corrected chi connectivity index (χ3v) is 4.90. The number of nitrogens with zero attached hydrogens (tertiary/aromatic N) is 4. The van der Waals surface area contributed by atoms with Gasteiger partial charge in [-0.15, -0.1) is 11.3 Å². The lowest BCUT2D eigenvalue weighted by Crippen LogP contribution is -2.27. The molecule has 0 aliphatic carbocycles. The maximum Gasteiger partial charge on any atom is 0.270 e. The van der Waals surface area contributed by atoms with Gasteiger partial charge in [0, 0.05) is 47.2 Å². The molecule has 7 heteroatoms. The average Bonchev–Trinajstić information content (AvgIpc) is 3.39. The van der Waals surface area contributed by atoms with Crippen molar-refractivity contribution in [2.24, 2.45) is 0 Å². The van der Waals surface area contributed by atoms with Gasteiger partial charge in [-0.25, -0.2) is 4.98 Å². The first kappa shape index (κ1) is 17.1. The molecule has 0 unspecified atom stereocenters. The summed E-state index contributed by atoms with van der Waals surface area (Å²) in [7, 11) is 0. The Morgan fingerprint density at radius 2 is 1.89 bits per heavy atom. The lowest BCUT2D eigenvalue weighted by Gasteiger charge is -2.03. The Hall–Kier alpha value is -3.32. The Labute approximate surface area is 160 Å². The van der Waals surface area contributed by atoms with Crippen molar-refractivity contribution in [1.29, 1.82) is 0 Å². The highest BCUT2D eigenvalue weighted by Crippen LogP contribution is 2.23. The predicted octanol–water partition coefficient (Wildman–Crippen LogP) is 3.50. The van der Waals surface area contributed by atoms with Crippen molar-refractivity contribution < 1.29 is 4.79 Å². The molecule has 0 saturated carbocycles. The molecule has 1 amide bonds. The molecular weight excluding hydrogens is 358 g/mol. The molecule has 3 aromatic heterocycles. The Morgan fingerprint density at radius 1 is 1.04 bits per heavy atom. The Bertz CT molecular complexity index is 1030. The summed E-state index contributed by atoms with van der Waals surface area (Å²) in [6.07, 6.45) is 7.28. The number of pyridine rings is 1. The summed E-state index contributed by atoms with van der Waals surface area (Å²) >= 11 is 1.47. The van der Waals surface area contributed by atoms with E-state index in [-0.39, 0.29) is 5.91 Å². The van der Waals surface area contributed by atoms with Crippen molar-refractivity contribution in [3.63, 3.8) is 0 Å². The number of carbonyl (C=O) groups excluding carboxylic acids is 1. The van der Waals surface area contributed by atoms with Gasteiger partial charge in [0.05, 0.1) is 12.7 Å². The van der Waals surface area contributed by atoms with E-state index in [1.165, 1.54) is 11.3 Å². The minimum atomic E-state index is -0.173. The van der Waals surface area contributed by atoms with Crippen molar-refractivity contribution in [3.8, 4) is 21.7 Å². The molecule has 1 aromatic carbocycles. The number of carbonyl (C=O) groups is 1. The molecule has 0 fully saturated rings. The van der Waals surface area contributed by atoms with Gasteiger partial charge in [-0.05, 0) is 6.07 Å². The molecule has 0 spiro atoms. The summed E-state index contributed by atoms with van der Waals surface area (Å²) in [5.74, 6) is -0.173. The second kappa shape index (κ2) is 7.92. The number of rotatable bonds is 6. The Balaban J connectivity index is 1.33. The number of thiazole rings is 1. The van der Waals surface area contributed by atoms with Crippen LogP contribution in [0.1, 0.15) is 10.5 Å². The molecule has 0 aliphatic heterocycles. The van der Waals surface area contributed by atoms with Crippen molar-refractivity contribution in [1.82, 2.24) is 25.1 Å². The largest absolute Gasteiger partial charge is 0.349 e. The molecule has 27 heavy (non-hydrogen) atoms. The molecule has 134 valence electrons. The van der Waals surface area contributed by atoms with Crippen LogP contribution >= 0.6 is 11.3 Å². The molecule has 0 saturated heterocycles. The van der Waals surface area contributed by atoms with Crippen LogP contribution in [0, 0.1) is 0 Å². The van der Waals surface area contributed by atoms with Gasteiger partial charge in [-0.3, -0.25) is 14.5 Å². The Kier molecular flexibility index (Phi) is 5.02. The average molecular weight is 375 g/mol. The van der Waals surface area contributed by atoms with Crippen LogP contribution in [0.25, 0.3) is 21.7 Å². The lowest BCUT2D eigenvalue weighted by molar-refractivity contribution is 0.0947. The van der Waals surface area contributed by atoms with Crippen molar-refractivity contribution >= 4 is 17.2 Å². The predicted molar refractivity (Wildman–Crippen MR) is 105 cm³/mol. The number of aromatic nitrogens is 4. The van der Waals surface area contributed by atoms with Gasteiger partial charge < -0.3 is 5.32 Å². The van der Waals surface area contributed by atoms with Gasteiger partial charge >= 0.3 is 0 Å². The zero-order valence-corrected chi connectivity index (χ0v) is 15.3. The van der Waals surface area contributed by atoms with E-state index in [2.05, 4.69) is 20.4 Å². The summed E-state index contributed by atoms with van der Waals surface area (Å²) in [4.78, 5) is 20.8. The van der Waals surface area contributed by atoms with Crippen LogP contribution in [0.15, 0.2) is 72.6 Å². The summed E-state index contributed by atoms with van der Waals surface area (Å²) in [5, 5.41) is 9.85. The maximum absolute atomic E-state index is 12.3. The quantitative estimate of drug-likeness (QED) is 0.560. The highest BCUT2D eigenvalue weighted by Gasteiger charge is 2.11. The normalized spacial score (nSPS) is 10.7. The van der Waals surface area contributed by atoms with E-state index in [9.17, 15) is 4.79 Å². The fraction of sp³-hybridized carbons (Fsp3) is 0.100. The van der Waals surface area contributed by atoms with Crippen molar-refractivity contribution in [3.05, 3.63) is 78.3 Å². The topological polar surface area (TPSA) is 72.7 Å². The second-order valence-electron chi connectivity index (χ2n) is 5.89. The minimum absolute atomic E-state index is 0.173. The number of nitrogens with one attached hydrogen (secondary N) is 1. The first-order valence-electron chi connectivity index (χ1n) is 8.51. The summed E-state index contributed by atoms with van der Waals surface area (Å²) in [6.45, 7) is 1.06. The molecule has 0 aliphatic rings. The second-order valence-corrected chi connectivity index (χ2v) is 6.75. The number of benzene rings is 1. The van der Waals surface area contributed by atoms with Crippen molar-refractivity contribution in [2.45, 2.75) is 6.54 Å². The fourth-order valence-electron chi connectivity index (χ4n) is 2.63. The smallest absolute Gasteiger partial charge is 0.270 e. The highest BCUT2D eigenvalue weighted by atomic mass is 32.1. The van der Waals surface area contributed by atoms with E-state index in [1.54, 1.807) is 28.7 Å². The lowest BCUT2D eigenvalue weighted by atomic mass is 10.2. The van der Waals surface area contributed by atoms with Crippen LogP contribution in [0.2, 0.25) is 0 Å². The van der Waals surface area contributed by atoms with Gasteiger partial charge in [0.25, 0.3) is 5.91 Å². The molecule has 3 heterocycles. The first-order chi connectivity index (χ1) is 13.3.